The van der Waals surface area contributed by atoms with E-state index in [-0.39, 0.29) is 23.8 Å². The molecule has 8 nitrogen and oxygen atoms in total. The Morgan fingerprint density at radius 1 is 1.19 bits per heavy atom. The van der Waals surface area contributed by atoms with Gasteiger partial charge in [-0.3, -0.25) is 14.4 Å². The lowest BCUT2D eigenvalue weighted by atomic mass is 9.90. The van der Waals surface area contributed by atoms with Crippen LogP contribution in [0.1, 0.15) is 37.2 Å². The van der Waals surface area contributed by atoms with Crippen molar-refractivity contribution in [1.82, 2.24) is 15.1 Å². The Morgan fingerprint density at radius 3 is 2.48 bits per heavy atom. The van der Waals surface area contributed by atoms with Crippen molar-refractivity contribution < 1.29 is 23.5 Å². The maximum absolute atomic E-state index is 12.9. The molecule has 0 saturated carbocycles. The van der Waals surface area contributed by atoms with Crippen LogP contribution in [0.3, 0.4) is 0 Å². The van der Waals surface area contributed by atoms with Crippen LogP contribution in [-0.2, 0) is 14.3 Å². The molecule has 1 unspecified atom stereocenters. The normalized spacial score (nSPS) is 20.6. The van der Waals surface area contributed by atoms with E-state index in [1.165, 1.54) is 6.26 Å². The highest BCUT2D eigenvalue weighted by atomic mass is 16.5. The average Bonchev–Trinajstić information content (AvgIpc) is 3.38. The standard InChI is InChI=1S/C19H27N3O5/c1-19(2,17(24)20-13-14-5-3-11-26-14)18(25)22-9-7-21(8-10-22)16(23)15-6-4-12-27-15/h4,6,12,14H,3,5,7-11,13H2,1-2H3,(H,20,24). The van der Waals surface area contributed by atoms with Gasteiger partial charge in [0.25, 0.3) is 5.91 Å². The van der Waals surface area contributed by atoms with Crippen molar-refractivity contribution in [3.05, 3.63) is 24.2 Å². The van der Waals surface area contributed by atoms with Crippen LogP contribution in [0.15, 0.2) is 22.8 Å². The molecular formula is C19H27N3O5. The Hall–Kier alpha value is -2.35. The Kier molecular flexibility index (Phi) is 5.84. The van der Waals surface area contributed by atoms with Crippen molar-refractivity contribution in [1.29, 1.82) is 0 Å². The average molecular weight is 377 g/mol. The molecule has 1 aromatic heterocycles. The number of carbonyl (C=O) groups is 3. The van der Waals surface area contributed by atoms with Gasteiger partial charge in [-0.1, -0.05) is 0 Å². The highest BCUT2D eigenvalue weighted by Gasteiger charge is 2.40. The van der Waals surface area contributed by atoms with E-state index < -0.39 is 5.41 Å². The van der Waals surface area contributed by atoms with Crippen molar-refractivity contribution >= 4 is 17.7 Å². The maximum atomic E-state index is 12.9. The van der Waals surface area contributed by atoms with E-state index in [2.05, 4.69) is 5.32 Å². The molecule has 2 aliphatic rings. The zero-order valence-corrected chi connectivity index (χ0v) is 15.9. The van der Waals surface area contributed by atoms with E-state index in [4.69, 9.17) is 9.15 Å². The summed E-state index contributed by atoms with van der Waals surface area (Å²) in [5, 5.41) is 2.84. The summed E-state index contributed by atoms with van der Waals surface area (Å²) < 4.78 is 10.6. The molecule has 148 valence electrons. The number of piperazine rings is 1. The van der Waals surface area contributed by atoms with E-state index in [1.807, 2.05) is 0 Å². The van der Waals surface area contributed by atoms with Crippen LogP contribution in [0.5, 0.6) is 0 Å². The van der Waals surface area contributed by atoms with E-state index in [0.717, 1.165) is 19.4 Å². The largest absolute Gasteiger partial charge is 0.459 e. The number of carbonyl (C=O) groups excluding carboxylic acids is 3. The lowest BCUT2D eigenvalue weighted by Gasteiger charge is -2.37. The molecule has 8 heteroatoms. The molecular weight excluding hydrogens is 350 g/mol. The van der Waals surface area contributed by atoms with Gasteiger partial charge in [0.2, 0.25) is 11.8 Å². The highest BCUT2D eigenvalue weighted by Crippen LogP contribution is 2.21. The summed E-state index contributed by atoms with van der Waals surface area (Å²) in [4.78, 5) is 41.0. The maximum Gasteiger partial charge on any atom is 0.289 e. The number of hydrogen-bond donors (Lipinski definition) is 1. The third-order valence-electron chi connectivity index (χ3n) is 5.20. The zero-order valence-electron chi connectivity index (χ0n) is 15.9. The summed E-state index contributed by atoms with van der Waals surface area (Å²) >= 11 is 0. The second-order valence-corrected chi connectivity index (χ2v) is 7.53. The van der Waals surface area contributed by atoms with Crippen LogP contribution in [0.4, 0.5) is 0 Å². The van der Waals surface area contributed by atoms with Gasteiger partial charge in [0.15, 0.2) is 5.76 Å². The third-order valence-corrected chi connectivity index (χ3v) is 5.20. The zero-order chi connectivity index (χ0) is 19.4. The minimum Gasteiger partial charge on any atom is -0.459 e. The molecule has 1 atom stereocenters. The quantitative estimate of drug-likeness (QED) is 0.770. The molecule has 1 N–H and O–H groups in total. The molecule has 1 aromatic rings. The Labute approximate surface area is 158 Å². The first kappa shape index (κ1) is 19.4. The summed E-state index contributed by atoms with van der Waals surface area (Å²) in [6.07, 6.45) is 3.44. The van der Waals surface area contributed by atoms with E-state index in [0.29, 0.717) is 38.5 Å². The predicted octanol–water partition coefficient (Wildman–Crippen LogP) is 0.885. The molecule has 2 saturated heterocycles. The minimum atomic E-state index is -1.16. The van der Waals surface area contributed by atoms with Crippen molar-refractivity contribution in [2.24, 2.45) is 5.41 Å². The van der Waals surface area contributed by atoms with Gasteiger partial charge in [-0.2, -0.15) is 0 Å². The first-order valence-electron chi connectivity index (χ1n) is 9.41. The van der Waals surface area contributed by atoms with E-state index in [1.54, 1.807) is 35.8 Å². The fraction of sp³-hybridized carbons (Fsp3) is 0.632. The summed E-state index contributed by atoms with van der Waals surface area (Å²) in [5.41, 5.74) is -1.16. The van der Waals surface area contributed by atoms with E-state index in [9.17, 15) is 14.4 Å². The Morgan fingerprint density at radius 2 is 1.89 bits per heavy atom. The minimum absolute atomic E-state index is 0.0380. The second kappa shape index (κ2) is 8.12. The lowest BCUT2D eigenvalue weighted by molar-refractivity contribution is -0.149. The van der Waals surface area contributed by atoms with Gasteiger partial charge in [0.05, 0.1) is 12.4 Å². The third kappa shape index (κ3) is 4.32. The van der Waals surface area contributed by atoms with Crippen LogP contribution >= 0.6 is 0 Å². The summed E-state index contributed by atoms with van der Waals surface area (Å²) in [5.74, 6) is -0.404. The molecule has 3 heterocycles. The van der Waals surface area contributed by atoms with Gasteiger partial charge in [-0.15, -0.1) is 0 Å². The molecule has 2 aliphatic heterocycles. The van der Waals surface area contributed by atoms with Gasteiger partial charge in [0, 0.05) is 39.3 Å². The van der Waals surface area contributed by atoms with Crippen molar-refractivity contribution in [2.45, 2.75) is 32.8 Å². The number of amides is 3. The van der Waals surface area contributed by atoms with Crippen molar-refractivity contribution in [2.75, 3.05) is 39.3 Å². The Balaban J connectivity index is 1.51. The smallest absolute Gasteiger partial charge is 0.289 e. The molecule has 3 amide bonds. The highest BCUT2D eigenvalue weighted by molar-refractivity contribution is 6.04. The summed E-state index contributed by atoms with van der Waals surface area (Å²) in [6.45, 7) is 6.06. The van der Waals surface area contributed by atoms with E-state index >= 15 is 0 Å². The van der Waals surface area contributed by atoms with Gasteiger partial charge in [0.1, 0.15) is 5.41 Å². The van der Waals surface area contributed by atoms with Crippen LogP contribution in [-0.4, -0.2) is 73.0 Å². The van der Waals surface area contributed by atoms with Crippen LogP contribution in [0, 0.1) is 5.41 Å². The summed E-state index contributed by atoms with van der Waals surface area (Å²) in [7, 11) is 0. The first-order chi connectivity index (χ1) is 12.9. The monoisotopic (exact) mass is 377 g/mol. The number of nitrogens with zero attached hydrogens (tertiary/aromatic N) is 2. The number of nitrogens with one attached hydrogen (secondary N) is 1. The molecule has 0 aromatic carbocycles. The van der Waals surface area contributed by atoms with Crippen LogP contribution in [0.25, 0.3) is 0 Å². The summed E-state index contributed by atoms with van der Waals surface area (Å²) in [6, 6.07) is 3.30. The van der Waals surface area contributed by atoms with Gasteiger partial charge < -0.3 is 24.3 Å². The number of furan rings is 1. The van der Waals surface area contributed by atoms with Gasteiger partial charge in [-0.25, -0.2) is 0 Å². The topological polar surface area (TPSA) is 92.1 Å². The molecule has 2 fully saturated rings. The van der Waals surface area contributed by atoms with Crippen LogP contribution in [0.2, 0.25) is 0 Å². The molecule has 27 heavy (non-hydrogen) atoms. The number of ether oxygens (including phenoxy) is 1. The molecule has 0 aliphatic carbocycles. The van der Waals surface area contributed by atoms with Crippen molar-refractivity contribution in [3.8, 4) is 0 Å². The predicted molar refractivity (Wildman–Crippen MR) is 97.0 cm³/mol. The van der Waals surface area contributed by atoms with Crippen molar-refractivity contribution in [3.63, 3.8) is 0 Å². The van der Waals surface area contributed by atoms with Gasteiger partial charge in [-0.05, 0) is 38.8 Å². The Bertz CT molecular complexity index is 672. The number of rotatable bonds is 5. The second-order valence-electron chi connectivity index (χ2n) is 7.53. The number of hydrogen-bond acceptors (Lipinski definition) is 5. The lowest BCUT2D eigenvalue weighted by Crippen LogP contribution is -2.56. The molecule has 0 radical (unpaired) electrons. The molecule has 3 rings (SSSR count). The first-order valence-corrected chi connectivity index (χ1v) is 9.41. The fourth-order valence-corrected chi connectivity index (χ4v) is 3.39. The van der Waals surface area contributed by atoms with Crippen LogP contribution < -0.4 is 5.32 Å². The molecule has 0 bridgehead atoms. The SMILES string of the molecule is CC(C)(C(=O)NCC1CCCO1)C(=O)N1CCN(C(=O)c2ccco2)CC1. The molecule has 0 spiro atoms. The fourth-order valence-electron chi connectivity index (χ4n) is 3.39. The van der Waals surface area contributed by atoms with Gasteiger partial charge >= 0.3 is 0 Å².